The molecule has 0 bridgehead atoms. The Morgan fingerprint density at radius 1 is 1.19 bits per heavy atom. The Bertz CT molecular complexity index is 933. The Labute approximate surface area is 193 Å². The van der Waals surface area contributed by atoms with E-state index in [2.05, 4.69) is 55.3 Å². The van der Waals surface area contributed by atoms with E-state index in [1.165, 1.54) is 0 Å². The largest absolute Gasteiger partial charge is 0.473 e. The first-order chi connectivity index (χ1) is 15.1. The van der Waals surface area contributed by atoms with Crippen molar-refractivity contribution in [2.24, 2.45) is 11.8 Å². The summed E-state index contributed by atoms with van der Waals surface area (Å²) in [5.41, 5.74) is 1.55. The van der Waals surface area contributed by atoms with Crippen molar-refractivity contribution in [3.05, 3.63) is 12.2 Å². The number of aryl methyl sites for hydroxylation is 1. The fourth-order valence-electron chi connectivity index (χ4n) is 4.65. The molecule has 1 saturated carbocycles. The van der Waals surface area contributed by atoms with Crippen LogP contribution in [0.4, 0.5) is 0 Å². The third-order valence-corrected chi connectivity index (χ3v) is 12.3. The second-order valence-corrected chi connectivity index (χ2v) is 16.0. The van der Waals surface area contributed by atoms with E-state index in [1.807, 2.05) is 6.92 Å². The van der Waals surface area contributed by atoms with Crippen LogP contribution < -0.4 is 4.74 Å². The van der Waals surface area contributed by atoms with Gasteiger partial charge in [-0.2, -0.15) is 4.98 Å². The molecule has 2 aromatic rings. The first kappa shape index (κ1) is 23.6. The van der Waals surface area contributed by atoms with Crippen LogP contribution in [0.3, 0.4) is 0 Å². The molecule has 3 heterocycles. The van der Waals surface area contributed by atoms with E-state index in [4.69, 9.17) is 18.9 Å². The quantitative estimate of drug-likeness (QED) is 0.519. The van der Waals surface area contributed by atoms with Gasteiger partial charge >= 0.3 is 0 Å². The lowest BCUT2D eigenvalue weighted by molar-refractivity contribution is -0.0309. The average molecular weight is 461 g/mol. The molecule has 4 atom stereocenters. The highest BCUT2D eigenvalue weighted by Gasteiger charge is 2.40. The van der Waals surface area contributed by atoms with Crippen LogP contribution in [0.5, 0.6) is 5.88 Å². The van der Waals surface area contributed by atoms with Crippen molar-refractivity contribution < 1.29 is 13.9 Å². The van der Waals surface area contributed by atoms with Gasteiger partial charge in [0.15, 0.2) is 19.5 Å². The van der Waals surface area contributed by atoms with E-state index < -0.39 is 8.32 Å². The molecule has 2 aromatic heterocycles. The zero-order valence-electron chi connectivity index (χ0n) is 20.9. The number of fused-ring (bicyclic) bond motifs is 1. The minimum atomic E-state index is -1.74. The maximum absolute atomic E-state index is 6.53. The van der Waals surface area contributed by atoms with Gasteiger partial charge in [0.25, 0.3) is 0 Å². The van der Waals surface area contributed by atoms with E-state index >= 15 is 0 Å². The molecule has 178 valence electrons. The number of imidazole rings is 1. The van der Waals surface area contributed by atoms with Gasteiger partial charge in [0.05, 0.1) is 0 Å². The predicted octanol–water partition coefficient (Wildman–Crippen LogP) is 5.65. The molecular weight excluding hydrogens is 420 g/mol. The Hall–Kier alpha value is -1.51. The summed E-state index contributed by atoms with van der Waals surface area (Å²) < 4.78 is 21.1. The number of ether oxygens (including phenoxy) is 2. The molecule has 7 nitrogen and oxygen atoms in total. The molecule has 0 N–H and O–H groups in total. The van der Waals surface area contributed by atoms with Crippen molar-refractivity contribution in [2.45, 2.75) is 97.2 Å². The monoisotopic (exact) mass is 460 g/mol. The minimum Gasteiger partial charge on any atom is -0.473 e. The first-order valence-electron chi connectivity index (χ1n) is 12.2. The highest BCUT2D eigenvalue weighted by atomic mass is 28.4. The van der Waals surface area contributed by atoms with Crippen LogP contribution in [0.25, 0.3) is 11.2 Å². The number of hydrogen-bond donors (Lipinski definition) is 0. The third kappa shape index (κ3) is 4.73. The van der Waals surface area contributed by atoms with Gasteiger partial charge in [-0.25, -0.2) is 9.97 Å². The van der Waals surface area contributed by atoms with Gasteiger partial charge in [0, 0.05) is 13.2 Å². The van der Waals surface area contributed by atoms with Gasteiger partial charge in [-0.1, -0.05) is 27.7 Å². The SMILES string of the molecule is Cc1nc2c(O[C@@H]3C[C@@H](CO[Si](C)(C)C(C)(C)C)[C@@H](C)C3)ncnc2n1C1CCCCO1. The predicted molar refractivity (Wildman–Crippen MR) is 128 cm³/mol. The zero-order valence-corrected chi connectivity index (χ0v) is 21.9. The molecule has 4 rings (SSSR count). The summed E-state index contributed by atoms with van der Waals surface area (Å²) in [7, 11) is -1.74. The summed E-state index contributed by atoms with van der Waals surface area (Å²) in [4.78, 5) is 13.8. The fraction of sp³-hybridized carbons (Fsp3) is 0.792. The standard InChI is InChI=1S/C24H40N4O3Si/c1-16-12-19(13-18(16)14-30-32(6,7)24(3,4)5)31-23-21-22(25-15-26-23)28(17(2)27-21)20-10-8-9-11-29-20/h15-16,18-20H,8-14H2,1-7H3/t16-,18-,19-,20?/m0/s1. The second kappa shape index (κ2) is 9.03. The Balaban J connectivity index is 1.46. The summed E-state index contributed by atoms with van der Waals surface area (Å²) in [5.74, 6) is 2.58. The Morgan fingerprint density at radius 2 is 1.97 bits per heavy atom. The van der Waals surface area contributed by atoms with Crippen LogP contribution >= 0.6 is 0 Å². The summed E-state index contributed by atoms with van der Waals surface area (Å²) in [6.45, 7) is 17.5. The topological polar surface area (TPSA) is 71.3 Å². The van der Waals surface area contributed by atoms with Crippen LogP contribution in [0.1, 0.15) is 71.9 Å². The van der Waals surface area contributed by atoms with Gasteiger partial charge in [0.2, 0.25) is 5.88 Å². The van der Waals surface area contributed by atoms with E-state index in [0.29, 0.717) is 17.7 Å². The molecule has 0 spiro atoms. The van der Waals surface area contributed by atoms with Gasteiger partial charge in [-0.3, -0.25) is 4.57 Å². The molecule has 8 heteroatoms. The summed E-state index contributed by atoms with van der Waals surface area (Å²) in [6.07, 6.45) is 7.00. The summed E-state index contributed by atoms with van der Waals surface area (Å²) in [5, 5.41) is 0.232. The van der Waals surface area contributed by atoms with Crippen LogP contribution in [-0.2, 0) is 9.16 Å². The number of nitrogens with zero attached hydrogens (tertiary/aromatic N) is 4. The van der Waals surface area contributed by atoms with Gasteiger partial charge in [0.1, 0.15) is 24.5 Å². The highest BCUT2D eigenvalue weighted by molar-refractivity contribution is 6.74. The minimum absolute atomic E-state index is 0.000121. The third-order valence-electron chi connectivity index (χ3n) is 7.81. The smallest absolute Gasteiger partial charge is 0.245 e. The lowest BCUT2D eigenvalue weighted by Gasteiger charge is -2.37. The van der Waals surface area contributed by atoms with Gasteiger partial charge in [-0.15, -0.1) is 0 Å². The molecular formula is C24H40N4O3Si. The van der Waals surface area contributed by atoms with Crippen LogP contribution in [0.15, 0.2) is 6.33 Å². The van der Waals surface area contributed by atoms with E-state index in [9.17, 15) is 0 Å². The van der Waals surface area contributed by atoms with Gasteiger partial charge in [-0.05, 0) is 69.0 Å². The van der Waals surface area contributed by atoms with E-state index in [1.54, 1.807) is 6.33 Å². The van der Waals surface area contributed by atoms with Gasteiger partial charge < -0.3 is 13.9 Å². The van der Waals surface area contributed by atoms with Crippen LogP contribution in [0.2, 0.25) is 18.1 Å². The zero-order chi connectivity index (χ0) is 23.1. The molecule has 0 radical (unpaired) electrons. The normalized spacial score (nSPS) is 27.2. The Morgan fingerprint density at radius 3 is 2.66 bits per heavy atom. The molecule has 2 fully saturated rings. The lowest BCUT2D eigenvalue weighted by Crippen LogP contribution is -2.42. The molecule has 2 aliphatic rings. The van der Waals surface area contributed by atoms with Crippen LogP contribution in [0, 0.1) is 18.8 Å². The molecule has 1 aliphatic carbocycles. The highest BCUT2D eigenvalue weighted by Crippen LogP contribution is 2.40. The van der Waals surface area contributed by atoms with E-state index in [0.717, 1.165) is 62.3 Å². The average Bonchev–Trinajstić information content (AvgIpc) is 3.25. The molecule has 1 saturated heterocycles. The number of aromatic nitrogens is 4. The summed E-state index contributed by atoms with van der Waals surface area (Å²) >= 11 is 0. The summed E-state index contributed by atoms with van der Waals surface area (Å²) in [6, 6.07) is 0. The molecule has 1 aliphatic heterocycles. The maximum atomic E-state index is 6.53. The van der Waals surface area contributed by atoms with Crippen molar-refractivity contribution in [2.75, 3.05) is 13.2 Å². The molecule has 32 heavy (non-hydrogen) atoms. The lowest BCUT2D eigenvalue weighted by atomic mass is 10.00. The van der Waals surface area contributed by atoms with Crippen molar-refractivity contribution >= 4 is 19.5 Å². The molecule has 1 unspecified atom stereocenters. The van der Waals surface area contributed by atoms with Crippen LogP contribution in [-0.4, -0.2) is 47.2 Å². The molecule has 0 aromatic carbocycles. The van der Waals surface area contributed by atoms with Crippen molar-refractivity contribution in [3.63, 3.8) is 0 Å². The number of hydrogen-bond acceptors (Lipinski definition) is 6. The first-order valence-corrected chi connectivity index (χ1v) is 15.1. The number of rotatable bonds is 6. The van der Waals surface area contributed by atoms with Crippen molar-refractivity contribution in [1.82, 2.24) is 19.5 Å². The van der Waals surface area contributed by atoms with Crippen molar-refractivity contribution in [1.29, 1.82) is 0 Å². The Kier molecular flexibility index (Phi) is 6.67. The fourth-order valence-corrected chi connectivity index (χ4v) is 5.71. The maximum Gasteiger partial charge on any atom is 0.245 e. The van der Waals surface area contributed by atoms with E-state index in [-0.39, 0.29) is 17.4 Å². The second-order valence-electron chi connectivity index (χ2n) is 11.2. The molecule has 0 amide bonds. The van der Waals surface area contributed by atoms with Crippen molar-refractivity contribution in [3.8, 4) is 5.88 Å².